The van der Waals surface area contributed by atoms with Gasteiger partial charge in [-0.25, -0.2) is 0 Å². The molecule has 0 heterocycles. The van der Waals surface area contributed by atoms with E-state index in [1.54, 1.807) is 6.08 Å². The van der Waals surface area contributed by atoms with Crippen LogP contribution in [0.25, 0.3) is 0 Å². The lowest BCUT2D eigenvalue weighted by molar-refractivity contribution is 0.146. The van der Waals surface area contributed by atoms with Gasteiger partial charge in [0.2, 0.25) is 0 Å². The van der Waals surface area contributed by atoms with Crippen LogP contribution in [0.5, 0.6) is 0 Å². The summed E-state index contributed by atoms with van der Waals surface area (Å²) in [5.41, 5.74) is 2.19. The Morgan fingerprint density at radius 2 is 2.25 bits per heavy atom. The Labute approximate surface area is 73.2 Å². The molecule has 68 valence electrons. The van der Waals surface area contributed by atoms with Crippen LogP contribution < -0.4 is 0 Å². The molecular weight excluding hydrogens is 152 g/mol. The van der Waals surface area contributed by atoms with Crippen LogP contribution in [0.15, 0.2) is 23.3 Å². The van der Waals surface area contributed by atoms with Gasteiger partial charge in [-0.05, 0) is 25.8 Å². The molecule has 2 nitrogen and oxygen atoms in total. The minimum atomic E-state index is -0.444. The highest BCUT2D eigenvalue weighted by Gasteiger charge is 2.21. The third-order valence-corrected chi connectivity index (χ3v) is 2.05. The van der Waals surface area contributed by atoms with Crippen molar-refractivity contribution in [3.8, 4) is 0 Å². The second-order valence-corrected chi connectivity index (χ2v) is 3.55. The van der Waals surface area contributed by atoms with E-state index in [0.717, 1.165) is 12.0 Å². The maximum absolute atomic E-state index is 9.41. The Hall–Kier alpha value is -0.600. The molecule has 0 bridgehead atoms. The highest BCUT2D eigenvalue weighted by Crippen LogP contribution is 2.22. The lowest BCUT2D eigenvalue weighted by atomic mass is 10.1. The normalized spacial score (nSPS) is 28.5. The molecule has 2 heteroatoms. The SMILES string of the molecule is CC(C)=CCC1=C[C@@H](O)C[C@H]1O. The molecule has 0 aromatic carbocycles. The second kappa shape index (κ2) is 3.87. The molecular formula is C10H16O2. The fourth-order valence-electron chi connectivity index (χ4n) is 1.33. The molecule has 0 fully saturated rings. The molecule has 0 aliphatic heterocycles. The van der Waals surface area contributed by atoms with Crippen molar-refractivity contribution in [2.24, 2.45) is 0 Å². The third kappa shape index (κ3) is 2.47. The molecule has 12 heavy (non-hydrogen) atoms. The minimum Gasteiger partial charge on any atom is -0.389 e. The zero-order valence-electron chi connectivity index (χ0n) is 7.62. The first kappa shape index (κ1) is 9.49. The van der Waals surface area contributed by atoms with Crippen molar-refractivity contribution >= 4 is 0 Å². The van der Waals surface area contributed by atoms with Crippen LogP contribution in [0, 0.1) is 0 Å². The van der Waals surface area contributed by atoms with Crippen LogP contribution in [0.4, 0.5) is 0 Å². The third-order valence-electron chi connectivity index (χ3n) is 2.05. The van der Waals surface area contributed by atoms with Gasteiger partial charge in [0.05, 0.1) is 12.2 Å². The van der Waals surface area contributed by atoms with E-state index >= 15 is 0 Å². The van der Waals surface area contributed by atoms with Crippen LogP contribution in [0.1, 0.15) is 26.7 Å². The molecule has 0 radical (unpaired) electrons. The number of hydrogen-bond acceptors (Lipinski definition) is 2. The summed E-state index contributed by atoms with van der Waals surface area (Å²) in [4.78, 5) is 0. The standard InChI is InChI=1S/C10H16O2/c1-7(2)3-4-8-5-9(11)6-10(8)12/h3,5,9-12H,4,6H2,1-2H3/t9-,10-/m1/s1. The molecule has 2 atom stereocenters. The van der Waals surface area contributed by atoms with E-state index in [4.69, 9.17) is 0 Å². The molecule has 1 rings (SSSR count). The van der Waals surface area contributed by atoms with Gasteiger partial charge in [0.25, 0.3) is 0 Å². The average molecular weight is 168 g/mol. The summed E-state index contributed by atoms with van der Waals surface area (Å²) in [7, 11) is 0. The van der Waals surface area contributed by atoms with E-state index in [1.807, 2.05) is 13.8 Å². The Balaban J connectivity index is 2.52. The molecule has 0 amide bonds. The van der Waals surface area contributed by atoms with E-state index in [0.29, 0.717) is 6.42 Å². The van der Waals surface area contributed by atoms with E-state index < -0.39 is 12.2 Å². The first-order valence-electron chi connectivity index (χ1n) is 4.29. The molecule has 2 N–H and O–H groups in total. The van der Waals surface area contributed by atoms with E-state index in [-0.39, 0.29) is 0 Å². The lowest BCUT2D eigenvalue weighted by Gasteiger charge is -2.05. The number of hydrogen-bond donors (Lipinski definition) is 2. The van der Waals surface area contributed by atoms with Crippen LogP contribution in [0.3, 0.4) is 0 Å². The summed E-state index contributed by atoms with van der Waals surface area (Å²) in [5.74, 6) is 0. The van der Waals surface area contributed by atoms with Gasteiger partial charge < -0.3 is 10.2 Å². The van der Waals surface area contributed by atoms with Crippen molar-refractivity contribution in [1.82, 2.24) is 0 Å². The fourth-order valence-corrected chi connectivity index (χ4v) is 1.33. The molecule has 1 aliphatic carbocycles. The summed E-state index contributed by atoms with van der Waals surface area (Å²) < 4.78 is 0. The van der Waals surface area contributed by atoms with Crippen molar-refractivity contribution < 1.29 is 10.2 Å². The Morgan fingerprint density at radius 1 is 1.58 bits per heavy atom. The predicted octanol–water partition coefficient (Wildman–Crippen LogP) is 1.39. The van der Waals surface area contributed by atoms with Crippen molar-refractivity contribution in [2.75, 3.05) is 0 Å². The maximum atomic E-state index is 9.41. The summed E-state index contributed by atoms with van der Waals surface area (Å²) in [6.07, 6.45) is 4.17. The smallest absolute Gasteiger partial charge is 0.0781 e. The van der Waals surface area contributed by atoms with Crippen LogP contribution in [-0.4, -0.2) is 22.4 Å². The molecule has 0 saturated carbocycles. The maximum Gasteiger partial charge on any atom is 0.0781 e. The average Bonchev–Trinajstić information content (AvgIpc) is 2.26. The zero-order valence-corrected chi connectivity index (χ0v) is 7.62. The van der Waals surface area contributed by atoms with Gasteiger partial charge in [0, 0.05) is 6.42 Å². The van der Waals surface area contributed by atoms with Crippen molar-refractivity contribution in [2.45, 2.75) is 38.9 Å². The van der Waals surface area contributed by atoms with Gasteiger partial charge >= 0.3 is 0 Å². The number of rotatable bonds is 2. The fraction of sp³-hybridized carbons (Fsp3) is 0.600. The van der Waals surface area contributed by atoms with E-state index in [1.165, 1.54) is 5.57 Å². The van der Waals surface area contributed by atoms with Crippen molar-refractivity contribution in [3.63, 3.8) is 0 Å². The first-order chi connectivity index (χ1) is 5.59. The van der Waals surface area contributed by atoms with Gasteiger partial charge in [-0.2, -0.15) is 0 Å². The minimum absolute atomic E-state index is 0.435. The van der Waals surface area contributed by atoms with Gasteiger partial charge in [-0.3, -0.25) is 0 Å². The van der Waals surface area contributed by atoms with Gasteiger partial charge in [0.1, 0.15) is 0 Å². The summed E-state index contributed by atoms with van der Waals surface area (Å²) >= 11 is 0. The van der Waals surface area contributed by atoms with Crippen molar-refractivity contribution in [3.05, 3.63) is 23.3 Å². The Kier molecular flexibility index (Phi) is 3.06. The Bertz CT molecular complexity index is 212. The van der Waals surface area contributed by atoms with Gasteiger partial charge in [0.15, 0.2) is 0 Å². The second-order valence-electron chi connectivity index (χ2n) is 3.55. The number of aliphatic hydroxyl groups excluding tert-OH is 2. The Morgan fingerprint density at radius 3 is 2.67 bits per heavy atom. The molecule has 0 aromatic heterocycles. The topological polar surface area (TPSA) is 40.5 Å². The van der Waals surface area contributed by atoms with E-state index in [9.17, 15) is 10.2 Å². The van der Waals surface area contributed by atoms with Crippen LogP contribution >= 0.6 is 0 Å². The summed E-state index contributed by atoms with van der Waals surface area (Å²) in [6, 6.07) is 0. The highest BCUT2D eigenvalue weighted by atomic mass is 16.3. The van der Waals surface area contributed by atoms with Gasteiger partial charge in [-0.15, -0.1) is 0 Å². The van der Waals surface area contributed by atoms with Crippen molar-refractivity contribution in [1.29, 1.82) is 0 Å². The predicted molar refractivity (Wildman–Crippen MR) is 48.8 cm³/mol. The molecule has 0 spiro atoms. The van der Waals surface area contributed by atoms with Crippen LogP contribution in [0.2, 0.25) is 0 Å². The highest BCUT2D eigenvalue weighted by molar-refractivity contribution is 5.21. The quantitative estimate of drug-likeness (QED) is 0.612. The zero-order chi connectivity index (χ0) is 9.14. The lowest BCUT2D eigenvalue weighted by Crippen LogP contribution is -2.07. The molecule has 1 aliphatic rings. The summed E-state index contributed by atoms with van der Waals surface area (Å²) in [6.45, 7) is 4.05. The van der Waals surface area contributed by atoms with Gasteiger partial charge in [-0.1, -0.05) is 17.7 Å². The molecule has 0 unspecified atom stereocenters. The number of aliphatic hydroxyl groups is 2. The first-order valence-corrected chi connectivity index (χ1v) is 4.29. The molecule has 0 aromatic rings. The monoisotopic (exact) mass is 168 g/mol. The van der Waals surface area contributed by atoms with Crippen LogP contribution in [-0.2, 0) is 0 Å². The summed E-state index contributed by atoms with van der Waals surface area (Å²) in [5, 5.41) is 18.6. The number of allylic oxidation sites excluding steroid dienone is 2. The van der Waals surface area contributed by atoms with E-state index in [2.05, 4.69) is 6.08 Å². The largest absolute Gasteiger partial charge is 0.389 e. The molecule has 0 saturated heterocycles.